The third-order valence-corrected chi connectivity index (χ3v) is 2.42. The van der Waals surface area contributed by atoms with Crippen molar-refractivity contribution in [1.29, 1.82) is 0 Å². The van der Waals surface area contributed by atoms with Crippen LogP contribution < -0.4 is 0 Å². The fourth-order valence-corrected chi connectivity index (χ4v) is 1.32. The van der Waals surface area contributed by atoms with E-state index in [4.69, 9.17) is 9.47 Å². The first kappa shape index (κ1) is 18.0. The Morgan fingerprint density at radius 3 is 1.75 bits per heavy atom. The average Bonchev–Trinajstić information content (AvgIpc) is 2.43. The fourth-order valence-electron chi connectivity index (χ4n) is 1.32. The predicted octanol–water partition coefficient (Wildman–Crippen LogP) is 0.726. The highest BCUT2D eigenvalue weighted by molar-refractivity contribution is 5.81. The number of rotatable bonds is 11. The number of ketones is 1. The summed E-state index contributed by atoms with van der Waals surface area (Å²) in [6.07, 6.45) is 2.57. The van der Waals surface area contributed by atoms with Gasteiger partial charge in [-0.3, -0.25) is 9.69 Å². The second-order valence-corrected chi connectivity index (χ2v) is 4.04. The molecule has 0 bridgehead atoms. The molecule has 0 aliphatic rings. The zero-order valence-corrected chi connectivity index (χ0v) is 11.8. The fraction of sp³-hybridized carbons (Fsp3) is 0.500. The SMILES string of the molecule is C=CC(=O)OCCN(CCOC(=O)C=C)CCC(C)=O. The minimum Gasteiger partial charge on any atom is -0.461 e. The Morgan fingerprint density at radius 1 is 0.950 bits per heavy atom. The molecule has 0 spiro atoms. The van der Waals surface area contributed by atoms with Crippen molar-refractivity contribution in [2.75, 3.05) is 32.8 Å². The minimum absolute atomic E-state index is 0.0705. The van der Waals surface area contributed by atoms with Crippen LogP contribution in [0.4, 0.5) is 0 Å². The Kier molecular flexibility index (Phi) is 9.86. The average molecular weight is 283 g/mol. The second kappa shape index (κ2) is 10.9. The molecule has 20 heavy (non-hydrogen) atoms. The number of nitrogens with zero attached hydrogens (tertiary/aromatic N) is 1. The van der Waals surface area contributed by atoms with Gasteiger partial charge in [-0.1, -0.05) is 13.2 Å². The monoisotopic (exact) mass is 283 g/mol. The third kappa shape index (κ3) is 10.0. The van der Waals surface area contributed by atoms with E-state index in [1.807, 2.05) is 4.90 Å². The highest BCUT2D eigenvalue weighted by Gasteiger charge is 2.08. The van der Waals surface area contributed by atoms with Gasteiger partial charge in [0.05, 0.1) is 0 Å². The summed E-state index contributed by atoms with van der Waals surface area (Å²) >= 11 is 0. The van der Waals surface area contributed by atoms with Crippen LogP contribution in [0.2, 0.25) is 0 Å². The van der Waals surface area contributed by atoms with E-state index < -0.39 is 11.9 Å². The topological polar surface area (TPSA) is 72.9 Å². The molecule has 0 aliphatic carbocycles. The lowest BCUT2D eigenvalue weighted by atomic mass is 10.3. The summed E-state index contributed by atoms with van der Waals surface area (Å²) in [5.74, 6) is -0.912. The maximum Gasteiger partial charge on any atom is 0.330 e. The molecule has 0 heterocycles. The Hall–Kier alpha value is -1.95. The lowest BCUT2D eigenvalue weighted by molar-refractivity contribution is -0.138. The molecule has 6 nitrogen and oxygen atoms in total. The highest BCUT2D eigenvalue weighted by atomic mass is 16.5. The van der Waals surface area contributed by atoms with Crippen molar-refractivity contribution >= 4 is 17.7 Å². The van der Waals surface area contributed by atoms with E-state index in [1.54, 1.807) is 0 Å². The summed E-state index contributed by atoms with van der Waals surface area (Å²) in [5, 5.41) is 0. The number of esters is 2. The van der Waals surface area contributed by atoms with Crippen molar-refractivity contribution in [2.45, 2.75) is 13.3 Å². The molecule has 0 N–H and O–H groups in total. The Labute approximate surface area is 119 Å². The summed E-state index contributed by atoms with van der Waals surface area (Å²) in [7, 11) is 0. The molecule has 0 fully saturated rings. The van der Waals surface area contributed by atoms with Gasteiger partial charge in [0.1, 0.15) is 19.0 Å². The molecule has 6 heteroatoms. The smallest absolute Gasteiger partial charge is 0.330 e. The lowest BCUT2D eigenvalue weighted by Gasteiger charge is -2.21. The number of hydrogen-bond acceptors (Lipinski definition) is 6. The van der Waals surface area contributed by atoms with Gasteiger partial charge in [0.2, 0.25) is 0 Å². The molecular weight excluding hydrogens is 262 g/mol. The molecular formula is C14H21NO5. The summed E-state index contributed by atoms with van der Waals surface area (Å²) in [5.41, 5.74) is 0. The maximum atomic E-state index is 11.0. The van der Waals surface area contributed by atoms with Gasteiger partial charge in [-0.25, -0.2) is 9.59 Å². The van der Waals surface area contributed by atoms with E-state index in [9.17, 15) is 14.4 Å². The van der Waals surface area contributed by atoms with E-state index in [1.165, 1.54) is 6.92 Å². The first-order chi connectivity index (χ1) is 9.49. The molecule has 0 aromatic carbocycles. The first-order valence-electron chi connectivity index (χ1n) is 6.29. The highest BCUT2D eigenvalue weighted by Crippen LogP contribution is 1.95. The molecule has 0 radical (unpaired) electrons. The number of hydrogen-bond donors (Lipinski definition) is 0. The van der Waals surface area contributed by atoms with Gasteiger partial charge in [0.25, 0.3) is 0 Å². The molecule has 0 aromatic heterocycles. The summed E-state index contributed by atoms with van der Waals surface area (Å²) < 4.78 is 9.74. The van der Waals surface area contributed by atoms with Gasteiger partial charge < -0.3 is 9.47 Å². The second-order valence-electron chi connectivity index (χ2n) is 4.04. The van der Waals surface area contributed by atoms with Gasteiger partial charge >= 0.3 is 11.9 Å². The molecule has 0 aromatic rings. The zero-order chi connectivity index (χ0) is 15.4. The number of carbonyl (C=O) groups excluding carboxylic acids is 3. The van der Waals surface area contributed by atoms with Crippen LogP contribution in [0.3, 0.4) is 0 Å². The molecule has 0 saturated heterocycles. The van der Waals surface area contributed by atoms with Crippen molar-refractivity contribution in [1.82, 2.24) is 4.90 Å². The van der Waals surface area contributed by atoms with Crippen molar-refractivity contribution in [3.05, 3.63) is 25.3 Å². The quantitative estimate of drug-likeness (QED) is 0.411. The molecule has 0 amide bonds. The van der Waals surface area contributed by atoms with Crippen LogP contribution in [0, 0.1) is 0 Å². The molecule has 0 aliphatic heterocycles. The maximum absolute atomic E-state index is 11.0. The molecule has 0 saturated carbocycles. The van der Waals surface area contributed by atoms with E-state index in [0.717, 1.165) is 12.2 Å². The van der Waals surface area contributed by atoms with E-state index in [2.05, 4.69) is 13.2 Å². The zero-order valence-electron chi connectivity index (χ0n) is 11.8. The van der Waals surface area contributed by atoms with E-state index >= 15 is 0 Å². The largest absolute Gasteiger partial charge is 0.461 e. The van der Waals surface area contributed by atoms with Crippen LogP contribution in [0.25, 0.3) is 0 Å². The summed E-state index contributed by atoms with van der Waals surface area (Å²) in [6.45, 7) is 9.92. The number of Topliss-reactive ketones (excluding diaryl/α,β-unsaturated/α-hetero) is 1. The van der Waals surface area contributed by atoms with E-state index in [-0.39, 0.29) is 19.0 Å². The van der Waals surface area contributed by atoms with Crippen molar-refractivity contribution < 1.29 is 23.9 Å². The normalized spacial score (nSPS) is 9.90. The first-order valence-corrected chi connectivity index (χ1v) is 6.29. The third-order valence-electron chi connectivity index (χ3n) is 2.42. The minimum atomic E-state index is -0.491. The number of carbonyl (C=O) groups is 3. The van der Waals surface area contributed by atoms with Crippen LogP contribution in [-0.2, 0) is 23.9 Å². The Balaban J connectivity index is 4.08. The van der Waals surface area contributed by atoms with Gasteiger partial charge in [-0.2, -0.15) is 0 Å². The van der Waals surface area contributed by atoms with Gasteiger partial charge in [0.15, 0.2) is 0 Å². The van der Waals surface area contributed by atoms with Gasteiger partial charge in [-0.05, 0) is 6.92 Å². The van der Waals surface area contributed by atoms with Crippen LogP contribution >= 0.6 is 0 Å². The predicted molar refractivity (Wildman–Crippen MR) is 74.1 cm³/mol. The number of ether oxygens (including phenoxy) is 2. The lowest BCUT2D eigenvalue weighted by Crippen LogP contribution is -2.33. The molecule has 0 atom stereocenters. The standard InChI is InChI=1S/C14H21NO5/c1-4-13(17)19-10-8-15(7-6-12(3)16)9-11-20-14(18)5-2/h4-5H,1-2,6-11H2,3H3. The van der Waals surface area contributed by atoms with Crippen LogP contribution in [0.5, 0.6) is 0 Å². The molecule has 112 valence electrons. The Bertz CT molecular complexity index is 339. The Morgan fingerprint density at radius 2 is 1.40 bits per heavy atom. The van der Waals surface area contributed by atoms with Gasteiger partial charge in [-0.15, -0.1) is 0 Å². The van der Waals surface area contributed by atoms with Crippen molar-refractivity contribution in [3.63, 3.8) is 0 Å². The summed E-state index contributed by atoms with van der Waals surface area (Å²) in [4.78, 5) is 34.7. The van der Waals surface area contributed by atoms with Crippen molar-refractivity contribution in [3.8, 4) is 0 Å². The summed E-state index contributed by atoms with van der Waals surface area (Å²) in [6, 6.07) is 0. The van der Waals surface area contributed by atoms with Crippen molar-refractivity contribution in [2.24, 2.45) is 0 Å². The molecule has 0 unspecified atom stereocenters. The van der Waals surface area contributed by atoms with E-state index in [0.29, 0.717) is 26.1 Å². The molecule has 0 rings (SSSR count). The van der Waals surface area contributed by atoms with Crippen LogP contribution in [0.1, 0.15) is 13.3 Å². The van der Waals surface area contributed by atoms with Crippen LogP contribution in [0.15, 0.2) is 25.3 Å². The van der Waals surface area contributed by atoms with Gasteiger partial charge in [0, 0.05) is 38.2 Å². The van der Waals surface area contributed by atoms with Crippen LogP contribution in [-0.4, -0.2) is 55.5 Å².